The number of likely N-dealkylation sites (N-methyl/N-ethyl adjacent to an activating group) is 1. The van der Waals surface area contributed by atoms with Gasteiger partial charge in [0.05, 0.1) is 6.04 Å². The fraction of sp³-hybridized carbons (Fsp3) is 0.417. The van der Waals surface area contributed by atoms with Gasteiger partial charge >= 0.3 is 5.97 Å². The number of aliphatic carboxylic acids is 1. The molecule has 0 bridgehead atoms. The van der Waals surface area contributed by atoms with Gasteiger partial charge in [0, 0.05) is 31.0 Å². The van der Waals surface area contributed by atoms with E-state index in [1.807, 2.05) is 6.92 Å². The molecule has 0 fully saturated rings. The third-order valence-electron chi connectivity index (χ3n) is 2.54. The van der Waals surface area contributed by atoms with Crippen molar-refractivity contribution in [3.05, 3.63) is 24.5 Å². The number of carboxylic acids is 1. The number of anilines is 1. The minimum atomic E-state index is -0.954. The summed E-state index contributed by atoms with van der Waals surface area (Å²) >= 11 is 0. The lowest BCUT2D eigenvalue weighted by atomic mass is 10.1. The maximum atomic E-state index is 12.1. The number of carboxylic acid groups (broad SMARTS) is 1. The topological polar surface area (TPSA) is 96.5 Å². The fourth-order valence-corrected chi connectivity index (χ4v) is 1.59. The molecule has 98 valence electrons. The van der Waals surface area contributed by atoms with Crippen LogP contribution in [0.25, 0.3) is 0 Å². The normalized spacial score (nSPS) is 11.9. The van der Waals surface area contributed by atoms with Gasteiger partial charge in [0.25, 0.3) is 0 Å². The van der Waals surface area contributed by atoms with E-state index in [9.17, 15) is 9.59 Å². The van der Waals surface area contributed by atoms with Crippen molar-refractivity contribution in [1.29, 1.82) is 0 Å². The van der Waals surface area contributed by atoms with Crippen LogP contribution in [0.15, 0.2) is 24.5 Å². The number of amides is 1. The second kappa shape index (κ2) is 6.70. The summed E-state index contributed by atoms with van der Waals surface area (Å²) in [6.07, 6.45) is 3.21. The van der Waals surface area contributed by atoms with Crippen molar-refractivity contribution in [3.8, 4) is 0 Å². The summed E-state index contributed by atoms with van der Waals surface area (Å²) in [5.74, 6) is -1.23. The Morgan fingerprint density at radius 2 is 2.06 bits per heavy atom. The summed E-state index contributed by atoms with van der Waals surface area (Å²) in [4.78, 5) is 27.9. The first-order chi connectivity index (χ1) is 8.56. The van der Waals surface area contributed by atoms with E-state index in [1.165, 1.54) is 4.90 Å². The van der Waals surface area contributed by atoms with Gasteiger partial charge in [0.15, 0.2) is 0 Å². The van der Waals surface area contributed by atoms with Crippen LogP contribution in [0.2, 0.25) is 0 Å². The molecule has 18 heavy (non-hydrogen) atoms. The minimum Gasteiger partial charge on any atom is -0.481 e. The van der Waals surface area contributed by atoms with E-state index in [-0.39, 0.29) is 18.7 Å². The van der Waals surface area contributed by atoms with Crippen LogP contribution >= 0.6 is 0 Å². The largest absolute Gasteiger partial charge is 0.481 e. The summed E-state index contributed by atoms with van der Waals surface area (Å²) < 4.78 is 0. The third-order valence-corrected chi connectivity index (χ3v) is 2.54. The van der Waals surface area contributed by atoms with E-state index in [0.717, 1.165) is 0 Å². The average molecular weight is 251 g/mol. The van der Waals surface area contributed by atoms with Crippen molar-refractivity contribution in [2.45, 2.75) is 25.8 Å². The Morgan fingerprint density at radius 1 is 1.44 bits per heavy atom. The standard InChI is InChI=1S/C12H17N3O3/c1-2-15(9-5-7-14-8-6-9)12(18)10(13)3-4-11(16)17/h5-8,10H,2-4,13H2,1H3,(H,16,17). The van der Waals surface area contributed by atoms with Crippen LogP contribution in [0.4, 0.5) is 5.69 Å². The lowest BCUT2D eigenvalue weighted by Crippen LogP contribution is -2.44. The van der Waals surface area contributed by atoms with Crippen LogP contribution in [0, 0.1) is 0 Å². The number of rotatable bonds is 6. The van der Waals surface area contributed by atoms with Crippen molar-refractivity contribution in [3.63, 3.8) is 0 Å². The SMILES string of the molecule is CCN(C(=O)C(N)CCC(=O)O)c1ccncc1. The Hall–Kier alpha value is -1.95. The molecule has 1 amide bonds. The molecule has 0 spiro atoms. The minimum absolute atomic E-state index is 0.110. The van der Waals surface area contributed by atoms with Gasteiger partial charge in [-0.25, -0.2) is 0 Å². The molecule has 0 aliphatic carbocycles. The van der Waals surface area contributed by atoms with E-state index >= 15 is 0 Å². The lowest BCUT2D eigenvalue weighted by molar-refractivity contribution is -0.137. The highest BCUT2D eigenvalue weighted by molar-refractivity contribution is 5.97. The number of hydrogen-bond donors (Lipinski definition) is 2. The maximum Gasteiger partial charge on any atom is 0.303 e. The predicted octanol–water partition coefficient (Wildman–Crippen LogP) is 0.627. The van der Waals surface area contributed by atoms with Crippen LogP contribution < -0.4 is 10.6 Å². The number of nitrogens with two attached hydrogens (primary N) is 1. The van der Waals surface area contributed by atoms with Gasteiger partial charge < -0.3 is 15.7 Å². The molecule has 1 atom stereocenters. The van der Waals surface area contributed by atoms with E-state index in [1.54, 1.807) is 24.5 Å². The number of carbonyl (C=O) groups excluding carboxylic acids is 1. The van der Waals surface area contributed by atoms with Crippen LogP contribution in [0.3, 0.4) is 0 Å². The van der Waals surface area contributed by atoms with E-state index in [4.69, 9.17) is 10.8 Å². The molecule has 0 radical (unpaired) electrons. The van der Waals surface area contributed by atoms with Gasteiger partial charge in [-0.15, -0.1) is 0 Å². The second-order valence-electron chi connectivity index (χ2n) is 3.83. The molecule has 1 heterocycles. The van der Waals surface area contributed by atoms with Crippen molar-refractivity contribution >= 4 is 17.6 Å². The molecule has 0 aliphatic heterocycles. The lowest BCUT2D eigenvalue weighted by Gasteiger charge is -2.24. The molecular formula is C12H17N3O3. The first kappa shape index (κ1) is 14.1. The Labute approximate surface area is 105 Å². The Bertz CT molecular complexity index is 408. The van der Waals surface area contributed by atoms with Crippen LogP contribution in [-0.4, -0.2) is 34.6 Å². The smallest absolute Gasteiger partial charge is 0.303 e. The van der Waals surface area contributed by atoms with Gasteiger partial charge in [0.1, 0.15) is 0 Å². The molecule has 0 saturated heterocycles. The van der Waals surface area contributed by atoms with Gasteiger partial charge in [-0.05, 0) is 25.5 Å². The molecule has 1 aromatic rings. The highest BCUT2D eigenvalue weighted by Gasteiger charge is 2.21. The van der Waals surface area contributed by atoms with Gasteiger partial charge in [0.2, 0.25) is 5.91 Å². The number of aromatic nitrogens is 1. The third kappa shape index (κ3) is 3.81. The zero-order valence-corrected chi connectivity index (χ0v) is 10.2. The number of hydrogen-bond acceptors (Lipinski definition) is 4. The molecule has 1 unspecified atom stereocenters. The number of carbonyl (C=O) groups is 2. The molecule has 3 N–H and O–H groups in total. The highest BCUT2D eigenvalue weighted by Crippen LogP contribution is 2.13. The summed E-state index contributed by atoms with van der Waals surface area (Å²) in [7, 11) is 0. The quantitative estimate of drug-likeness (QED) is 0.772. The van der Waals surface area contributed by atoms with Crippen LogP contribution in [0.1, 0.15) is 19.8 Å². The summed E-state index contributed by atoms with van der Waals surface area (Å²) in [6, 6.07) is 2.63. The van der Waals surface area contributed by atoms with Crippen LogP contribution in [-0.2, 0) is 9.59 Å². The Kier molecular flexibility index (Phi) is 5.26. The summed E-state index contributed by atoms with van der Waals surface area (Å²) in [5, 5.41) is 8.57. The first-order valence-electron chi connectivity index (χ1n) is 5.75. The van der Waals surface area contributed by atoms with Crippen molar-refractivity contribution in [1.82, 2.24) is 4.98 Å². The number of pyridine rings is 1. The zero-order valence-electron chi connectivity index (χ0n) is 10.2. The van der Waals surface area contributed by atoms with Crippen molar-refractivity contribution in [2.24, 2.45) is 5.73 Å². The fourth-order valence-electron chi connectivity index (χ4n) is 1.59. The Balaban J connectivity index is 2.71. The second-order valence-corrected chi connectivity index (χ2v) is 3.83. The van der Waals surface area contributed by atoms with E-state index in [2.05, 4.69) is 4.98 Å². The van der Waals surface area contributed by atoms with E-state index < -0.39 is 12.0 Å². The highest BCUT2D eigenvalue weighted by atomic mass is 16.4. The van der Waals surface area contributed by atoms with Crippen LogP contribution in [0.5, 0.6) is 0 Å². The average Bonchev–Trinajstić information content (AvgIpc) is 2.38. The molecule has 0 aromatic carbocycles. The van der Waals surface area contributed by atoms with Gasteiger partial charge in [-0.2, -0.15) is 0 Å². The van der Waals surface area contributed by atoms with Gasteiger partial charge in [-0.1, -0.05) is 0 Å². The number of nitrogens with zero attached hydrogens (tertiary/aromatic N) is 2. The molecule has 0 aliphatic rings. The molecule has 6 nitrogen and oxygen atoms in total. The van der Waals surface area contributed by atoms with Crippen molar-refractivity contribution < 1.29 is 14.7 Å². The van der Waals surface area contributed by atoms with Crippen molar-refractivity contribution in [2.75, 3.05) is 11.4 Å². The molecule has 0 saturated carbocycles. The Morgan fingerprint density at radius 3 is 2.56 bits per heavy atom. The first-order valence-corrected chi connectivity index (χ1v) is 5.75. The van der Waals surface area contributed by atoms with E-state index in [0.29, 0.717) is 12.2 Å². The maximum absolute atomic E-state index is 12.1. The molecule has 1 rings (SSSR count). The molecule has 1 aromatic heterocycles. The summed E-state index contributed by atoms with van der Waals surface area (Å²) in [5.41, 5.74) is 6.42. The molecular weight excluding hydrogens is 234 g/mol. The molecule has 6 heteroatoms. The van der Waals surface area contributed by atoms with Gasteiger partial charge in [-0.3, -0.25) is 14.6 Å². The monoisotopic (exact) mass is 251 g/mol. The predicted molar refractivity (Wildman–Crippen MR) is 67.1 cm³/mol. The zero-order chi connectivity index (χ0) is 13.5. The summed E-state index contributed by atoms with van der Waals surface area (Å²) in [6.45, 7) is 2.31.